The molecule has 0 radical (unpaired) electrons. The number of pyridine rings is 1. The SMILES string of the molecule is O=C(CN1CCN(Cc2cccc([N+](=O)[O-])c2)CC1)NCc1ccccn1. The smallest absolute Gasteiger partial charge is 0.269 e. The summed E-state index contributed by atoms with van der Waals surface area (Å²) in [4.78, 5) is 31.2. The molecule has 0 aliphatic carbocycles. The van der Waals surface area contributed by atoms with Crippen LogP contribution in [-0.2, 0) is 17.9 Å². The van der Waals surface area contributed by atoms with Gasteiger partial charge in [0.25, 0.3) is 5.69 Å². The van der Waals surface area contributed by atoms with Gasteiger partial charge in [-0.05, 0) is 17.7 Å². The van der Waals surface area contributed by atoms with Crippen LogP contribution in [0.4, 0.5) is 5.69 Å². The minimum absolute atomic E-state index is 0.00668. The fraction of sp³-hybridized carbons (Fsp3) is 0.368. The molecule has 1 N–H and O–H groups in total. The number of hydrogen-bond donors (Lipinski definition) is 1. The lowest BCUT2D eigenvalue weighted by Gasteiger charge is -2.34. The molecule has 8 heteroatoms. The summed E-state index contributed by atoms with van der Waals surface area (Å²) in [5.74, 6) is -0.00668. The number of carbonyl (C=O) groups is 1. The Hall–Kier alpha value is -2.84. The molecule has 2 aromatic rings. The summed E-state index contributed by atoms with van der Waals surface area (Å²) in [5.41, 5.74) is 1.90. The van der Waals surface area contributed by atoms with Gasteiger partial charge in [-0.1, -0.05) is 18.2 Å². The Morgan fingerprint density at radius 3 is 2.59 bits per heavy atom. The maximum atomic E-state index is 12.1. The molecule has 1 aromatic carbocycles. The van der Waals surface area contributed by atoms with E-state index in [4.69, 9.17) is 0 Å². The molecule has 0 bridgehead atoms. The lowest BCUT2D eigenvalue weighted by atomic mass is 10.1. The summed E-state index contributed by atoms with van der Waals surface area (Å²) >= 11 is 0. The Morgan fingerprint density at radius 1 is 1.11 bits per heavy atom. The minimum Gasteiger partial charge on any atom is -0.349 e. The molecule has 8 nitrogen and oxygen atoms in total. The molecule has 27 heavy (non-hydrogen) atoms. The largest absolute Gasteiger partial charge is 0.349 e. The molecular formula is C19H23N5O3. The van der Waals surface area contributed by atoms with E-state index in [0.717, 1.165) is 37.4 Å². The monoisotopic (exact) mass is 369 g/mol. The topological polar surface area (TPSA) is 91.6 Å². The van der Waals surface area contributed by atoms with Gasteiger partial charge in [0.05, 0.1) is 23.7 Å². The number of hydrogen-bond acceptors (Lipinski definition) is 6. The number of nitro benzene ring substituents is 1. The van der Waals surface area contributed by atoms with Crippen LogP contribution in [0.25, 0.3) is 0 Å². The zero-order chi connectivity index (χ0) is 19.1. The van der Waals surface area contributed by atoms with Crippen molar-refractivity contribution in [2.24, 2.45) is 0 Å². The zero-order valence-electron chi connectivity index (χ0n) is 15.1. The third-order valence-corrected chi connectivity index (χ3v) is 4.55. The van der Waals surface area contributed by atoms with Crippen LogP contribution in [0.2, 0.25) is 0 Å². The van der Waals surface area contributed by atoms with Crippen molar-refractivity contribution in [3.63, 3.8) is 0 Å². The molecule has 2 heterocycles. The fourth-order valence-corrected chi connectivity index (χ4v) is 3.08. The number of rotatable bonds is 7. The van der Waals surface area contributed by atoms with Crippen molar-refractivity contribution in [3.8, 4) is 0 Å². The van der Waals surface area contributed by atoms with Crippen LogP contribution in [0.3, 0.4) is 0 Å². The van der Waals surface area contributed by atoms with E-state index in [0.29, 0.717) is 19.6 Å². The normalized spacial score (nSPS) is 15.4. The number of benzene rings is 1. The predicted molar refractivity (Wildman–Crippen MR) is 101 cm³/mol. The van der Waals surface area contributed by atoms with Crippen LogP contribution < -0.4 is 5.32 Å². The van der Waals surface area contributed by atoms with Crippen molar-refractivity contribution in [2.45, 2.75) is 13.1 Å². The van der Waals surface area contributed by atoms with Crippen LogP contribution in [0, 0.1) is 10.1 Å². The highest BCUT2D eigenvalue weighted by Crippen LogP contribution is 2.15. The van der Waals surface area contributed by atoms with Crippen molar-refractivity contribution in [3.05, 3.63) is 70.0 Å². The molecule has 1 saturated heterocycles. The molecule has 0 unspecified atom stereocenters. The number of nitrogens with one attached hydrogen (secondary N) is 1. The van der Waals surface area contributed by atoms with E-state index in [1.807, 2.05) is 24.3 Å². The molecule has 1 amide bonds. The van der Waals surface area contributed by atoms with Crippen LogP contribution in [0.1, 0.15) is 11.3 Å². The average Bonchev–Trinajstić information content (AvgIpc) is 2.69. The standard InChI is InChI=1S/C19H23N5O3/c25-19(21-13-17-5-1-2-7-20-17)15-23-10-8-22(9-11-23)14-16-4-3-6-18(12-16)24(26)27/h1-7,12H,8-11,13-15H2,(H,21,25). The molecule has 142 valence electrons. The molecule has 1 fully saturated rings. The predicted octanol–water partition coefficient (Wildman–Crippen LogP) is 1.42. The van der Waals surface area contributed by atoms with Crippen LogP contribution in [0.15, 0.2) is 48.7 Å². The fourth-order valence-electron chi connectivity index (χ4n) is 3.08. The van der Waals surface area contributed by atoms with Gasteiger partial charge >= 0.3 is 0 Å². The van der Waals surface area contributed by atoms with Crippen molar-refractivity contribution in [1.82, 2.24) is 20.1 Å². The Labute approximate surface area is 158 Å². The maximum Gasteiger partial charge on any atom is 0.269 e. The van der Waals surface area contributed by atoms with Crippen molar-refractivity contribution in [1.29, 1.82) is 0 Å². The summed E-state index contributed by atoms with van der Waals surface area (Å²) < 4.78 is 0. The summed E-state index contributed by atoms with van der Waals surface area (Å²) in [6.45, 7) is 4.75. The second-order valence-electron chi connectivity index (χ2n) is 6.58. The zero-order valence-corrected chi connectivity index (χ0v) is 15.1. The Balaban J connectivity index is 1.40. The number of amides is 1. The third-order valence-electron chi connectivity index (χ3n) is 4.55. The van der Waals surface area contributed by atoms with Gasteiger partial charge < -0.3 is 5.32 Å². The van der Waals surface area contributed by atoms with E-state index in [-0.39, 0.29) is 16.5 Å². The van der Waals surface area contributed by atoms with E-state index in [1.165, 1.54) is 6.07 Å². The van der Waals surface area contributed by atoms with Gasteiger partial charge in [-0.3, -0.25) is 29.7 Å². The first-order valence-corrected chi connectivity index (χ1v) is 8.95. The Bertz CT molecular complexity index is 776. The van der Waals surface area contributed by atoms with E-state index in [1.54, 1.807) is 18.3 Å². The number of nitrogens with zero attached hydrogens (tertiary/aromatic N) is 4. The van der Waals surface area contributed by atoms with Crippen molar-refractivity contribution in [2.75, 3.05) is 32.7 Å². The second kappa shape index (κ2) is 9.20. The molecule has 0 atom stereocenters. The van der Waals surface area contributed by atoms with Crippen LogP contribution in [0.5, 0.6) is 0 Å². The summed E-state index contributed by atoms with van der Waals surface area (Å²) in [7, 11) is 0. The molecule has 1 aliphatic rings. The molecule has 1 aliphatic heterocycles. The van der Waals surface area contributed by atoms with Gasteiger partial charge in [-0.15, -0.1) is 0 Å². The van der Waals surface area contributed by atoms with Crippen LogP contribution in [-0.4, -0.2) is 58.3 Å². The van der Waals surface area contributed by atoms with E-state index >= 15 is 0 Å². The number of aromatic nitrogens is 1. The third kappa shape index (κ3) is 5.83. The van der Waals surface area contributed by atoms with Gasteiger partial charge in [0.2, 0.25) is 5.91 Å². The quantitative estimate of drug-likeness (QED) is 0.586. The first-order chi connectivity index (χ1) is 13.1. The van der Waals surface area contributed by atoms with Gasteiger partial charge in [0.1, 0.15) is 0 Å². The van der Waals surface area contributed by atoms with Crippen LogP contribution >= 0.6 is 0 Å². The van der Waals surface area contributed by atoms with E-state index in [2.05, 4.69) is 20.1 Å². The van der Waals surface area contributed by atoms with Gasteiger partial charge in [0.15, 0.2) is 0 Å². The van der Waals surface area contributed by atoms with Gasteiger partial charge in [0, 0.05) is 51.1 Å². The first-order valence-electron chi connectivity index (χ1n) is 8.95. The second-order valence-corrected chi connectivity index (χ2v) is 6.58. The summed E-state index contributed by atoms with van der Waals surface area (Å²) in [5, 5.41) is 13.8. The van der Waals surface area contributed by atoms with Gasteiger partial charge in [-0.2, -0.15) is 0 Å². The lowest BCUT2D eigenvalue weighted by molar-refractivity contribution is -0.384. The van der Waals surface area contributed by atoms with Gasteiger partial charge in [-0.25, -0.2) is 0 Å². The minimum atomic E-state index is -0.370. The summed E-state index contributed by atoms with van der Waals surface area (Å²) in [6, 6.07) is 12.4. The van der Waals surface area contributed by atoms with Crippen molar-refractivity contribution < 1.29 is 9.72 Å². The molecule has 3 rings (SSSR count). The summed E-state index contributed by atoms with van der Waals surface area (Å²) in [6.07, 6.45) is 1.71. The van der Waals surface area contributed by atoms with E-state index < -0.39 is 0 Å². The molecule has 1 aromatic heterocycles. The highest BCUT2D eigenvalue weighted by molar-refractivity contribution is 5.77. The molecule has 0 saturated carbocycles. The van der Waals surface area contributed by atoms with E-state index in [9.17, 15) is 14.9 Å². The number of carbonyl (C=O) groups excluding carboxylic acids is 1. The Morgan fingerprint density at radius 2 is 1.89 bits per heavy atom. The lowest BCUT2D eigenvalue weighted by Crippen LogP contribution is -2.49. The number of nitro groups is 1. The average molecular weight is 369 g/mol. The maximum absolute atomic E-state index is 12.1. The number of non-ortho nitro benzene ring substituents is 1. The highest BCUT2D eigenvalue weighted by atomic mass is 16.6. The molecular weight excluding hydrogens is 346 g/mol. The molecule has 0 spiro atoms. The Kier molecular flexibility index (Phi) is 6.45. The first kappa shape index (κ1) is 18.9. The van der Waals surface area contributed by atoms with Crippen molar-refractivity contribution >= 4 is 11.6 Å². The highest BCUT2D eigenvalue weighted by Gasteiger charge is 2.19. The number of piperazine rings is 1.